The number of ether oxygens (including phenoxy) is 1. The average Bonchev–Trinajstić information content (AvgIpc) is 3.04. The van der Waals surface area contributed by atoms with Gasteiger partial charge in [0.15, 0.2) is 11.6 Å². The Hall–Kier alpha value is -2.80. The zero-order chi connectivity index (χ0) is 20.2. The number of hydrogen-bond acceptors (Lipinski definition) is 5. The van der Waals surface area contributed by atoms with E-state index in [4.69, 9.17) is 4.74 Å². The number of amides is 1. The van der Waals surface area contributed by atoms with Gasteiger partial charge in [0.05, 0.1) is 24.9 Å². The van der Waals surface area contributed by atoms with Gasteiger partial charge in [-0.3, -0.25) is 4.79 Å². The van der Waals surface area contributed by atoms with E-state index in [0.717, 1.165) is 5.56 Å². The summed E-state index contributed by atoms with van der Waals surface area (Å²) in [5.74, 6) is 0.00486. The van der Waals surface area contributed by atoms with Crippen LogP contribution in [0.15, 0.2) is 42.7 Å². The van der Waals surface area contributed by atoms with E-state index >= 15 is 0 Å². The lowest BCUT2D eigenvalue weighted by atomic mass is 10.1. The van der Waals surface area contributed by atoms with Gasteiger partial charge in [-0.05, 0) is 18.1 Å². The third kappa shape index (κ3) is 4.29. The Morgan fingerprint density at radius 2 is 2.03 bits per heavy atom. The summed E-state index contributed by atoms with van der Waals surface area (Å²) in [6.07, 6.45) is 5.37. The van der Waals surface area contributed by atoms with Gasteiger partial charge in [-0.25, -0.2) is 14.4 Å². The fraction of sp³-hybridized carbons (Fsp3) is 0.409. The molecule has 1 aromatic carbocycles. The van der Waals surface area contributed by atoms with Crippen LogP contribution >= 0.6 is 0 Å². The highest BCUT2D eigenvalue weighted by atomic mass is 19.1. The third-order valence-electron chi connectivity index (χ3n) is 5.45. The number of aryl methyl sites for hydroxylation is 1. The first-order chi connectivity index (χ1) is 14.2. The van der Waals surface area contributed by atoms with Crippen LogP contribution in [0.25, 0.3) is 6.08 Å². The van der Waals surface area contributed by atoms with Crippen molar-refractivity contribution in [1.82, 2.24) is 14.9 Å². The third-order valence-corrected chi connectivity index (χ3v) is 5.45. The molecule has 0 N–H and O–H groups in total. The fourth-order valence-corrected chi connectivity index (χ4v) is 3.98. The maximum Gasteiger partial charge on any atom is 0.246 e. The van der Waals surface area contributed by atoms with Crippen molar-refractivity contribution in [3.05, 3.63) is 59.8 Å². The monoisotopic (exact) mass is 396 g/mol. The predicted octanol–water partition coefficient (Wildman–Crippen LogP) is 2.56. The Morgan fingerprint density at radius 3 is 2.83 bits per heavy atom. The normalized spacial score (nSPS) is 22.0. The number of anilines is 1. The Balaban J connectivity index is 1.56. The van der Waals surface area contributed by atoms with E-state index in [9.17, 15) is 9.18 Å². The number of nitrogens with zero attached hydrogens (tertiary/aromatic N) is 4. The maximum atomic E-state index is 14.8. The first kappa shape index (κ1) is 19.5. The Bertz CT molecular complexity index is 890. The number of benzene rings is 1. The molecule has 6 nitrogen and oxygen atoms in total. The lowest BCUT2D eigenvalue weighted by Crippen LogP contribution is -2.46. The molecule has 1 aromatic heterocycles. The van der Waals surface area contributed by atoms with Crippen LogP contribution in [-0.4, -0.2) is 59.7 Å². The number of fused-ring (bicyclic) bond motifs is 3. The van der Waals surface area contributed by atoms with Gasteiger partial charge in [-0.15, -0.1) is 0 Å². The predicted molar refractivity (Wildman–Crippen MR) is 109 cm³/mol. The molecule has 0 aliphatic carbocycles. The van der Waals surface area contributed by atoms with Crippen LogP contribution in [0.5, 0.6) is 0 Å². The van der Waals surface area contributed by atoms with Crippen molar-refractivity contribution in [2.75, 3.05) is 37.7 Å². The summed E-state index contributed by atoms with van der Waals surface area (Å²) >= 11 is 0. The van der Waals surface area contributed by atoms with E-state index in [1.165, 1.54) is 6.33 Å². The summed E-state index contributed by atoms with van der Waals surface area (Å²) in [6.45, 7) is 4.53. The molecule has 2 aromatic rings. The summed E-state index contributed by atoms with van der Waals surface area (Å²) in [4.78, 5) is 25.0. The molecule has 0 saturated carbocycles. The van der Waals surface area contributed by atoms with Crippen molar-refractivity contribution in [2.24, 2.45) is 5.92 Å². The van der Waals surface area contributed by atoms with Gasteiger partial charge in [-0.1, -0.05) is 37.3 Å². The number of carbonyl (C=O) groups is 1. The van der Waals surface area contributed by atoms with Crippen LogP contribution in [0, 0.1) is 11.7 Å². The molecule has 7 heteroatoms. The molecule has 0 radical (unpaired) electrons. The minimum Gasteiger partial charge on any atom is -0.379 e. The standard InChI is InChI=1S/C22H25FN4O2/c1-2-19-21(23)22(25-15-24-19)26-10-17-11-27(18(12-26)14-29-13-17)20(28)9-8-16-6-4-3-5-7-16/h3-9,15,17-18H,2,10-14H2,1H3/b9-8+/t17-,18-/m0/s1. The molecule has 29 heavy (non-hydrogen) atoms. The second kappa shape index (κ2) is 8.69. The van der Waals surface area contributed by atoms with Gasteiger partial charge < -0.3 is 14.5 Å². The van der Waals surface area contributed by atoms with Crippen molar-refractivity contribution >= 4 is 17.8 Å². The molecule has 4 rings (SSSR count). The maximum absolute atomic E-state index is 14.8. The van der Waals surface area contributed by atoms with E-state index in [0.29, 0.717) is 50.8 Å². The van der Waals surface area contributed by atoms with E-state index in [-0.39, 0.29) is 23.7 Å². The molecule has 0 spiro atoms. The van der Waals surface area contributed by atoms with Gasteiger partial charge in [-0.2, -0.15) is 0 Å². The van der Waals surface area contributed by atoms with Crippen molar-refractivity contribution in [2.45, 2.75) is 19.4 Å². The minimum atomic E-state index is -0.363. The molecule has 1 amide bonds. The highest BCUT2D eigenvalue weighted by molar-refractivity contribution is 5.92. The van der Waals surface area contributed by atoms with Crippen molar-refractivity contribution in [1.29, 1.82) is 0 Å². The van der Waals surface area contributed by atoms with E-state index in [2.05, 4.69) is 9.97 Å². The Morgan fingerprint density at radius 1 is 1.21 bits per heavy atom. The highest BCUT2D eigenvalue weighted by Gasteiger charge is 2.36. The van der Waals surface area contributed by atoms with Crippen LogP contribution < -0.4 is 4.90 Å². The topological polar surface area (TPSA) is 58.6 Å². The molecular formula is C22H25FN4O2. The smallest absolute Gasteiger partial charge is 0.246 e. The molecular weight excluding hydrogens is 371 g/mol. The number of carbonyl (C=O) groups excluding carboxylic acids is 1. The summed E-state index contributed by atoms with van der Waals surface area (Å²) in [5, 5.41) is 0. The summed E-state index contributed by atoms with van der Waals surface area (Å²) in [6, 6.07) is 9.58. The molecule has 0 unspecified atom stereocenters. The zero-order valence-corrected chi connectivity index (χ0v) is 16.5. The molecule has 2 aliphatic rings. The zero-order valence-electron chi connectivity index (χ0n) is 16.5. The fourth-order valence-electron chi connectivity index (χ4n) is 3.98. The van der Waals surface area contributed by atoms with Gasteiger partial charge in [0.1, 0.15) is 6.33 Å². The second-order valence-corrected chi connectivity index (χ2v) is 7.51. The molecule has 2 fully saturated rings. The summed E-state index contributed by atoms with van der Waals surface area (Å²) < 4.78 is 20.6. The van der Waals surface area contributed by atoms with Crippen LogP contribution in [0.1, 0.15) is 18.2 Å². The lowest BCUT2D eigenvalue weighted by molar-refractivity contribution is -0.128. The molecule has 152 valence electrons. The van der Waals surface area contributed by atoms with Crippen molar-refractivity contribution in [3.8, 4) is 0 Å². The highest BCUT2D eigenvalue weighted by Crippen LogP contribution is 2.26. The van der Waals surface area contributed by atoms with Crippen LogP contribution in [-0.2, 0) is 16.0 Å². The van der Waals surface area contributed by atoms with Crippen molar-refractivity contribution < 1.29 is 13.9 Å². The second-order valence-electron chi connectivity index (χ2n) is 7.51. The molecule has 2 bridgehead atoms. The first-order valence-corrected chi connectivity index (χ1v) is 10.0. The summed E-state index contributed by atoms with van der Waals surface area (Å²) in [7, 11) is 0. The lowest BCUT2D eigenvalue weighted by Gasteiger charge is -2.31. The van der Waals surface area contributed by atoms with Crippen LogP contribution in [0.3, 0.4) is 0 Å². The Labute approximate surface area is 170 Å². The average molecular weight is 396 g/mol. The van der Waals surface area contributed by atoms with Crippen LogP contribution in [0.4, 0.5) is 10.2 Å². The van der Waals surface area contributed by atoms with Gasteiger partial charge in [0.2, 0.25) is 5.91 Å². The SMILES string of the molecule is CCc1ncnc(N2C[C@@H]3COC[C@H](C2)N(C(=O)/C=C/c2ccccc2)C3)c1F. The minimum absolute atomic E-state index is 0.0476. The number of rotatable bonds is 4. The van der Waals surface area contributed by atoms with E-state index in [1.54, 1.807) is 6.08 Å². The number of halogens is 1. The first-order valence-electron chi connectivity index (χ1n) is 10.0. The molecule has 2 atom stereocenters. The van der Waals surface area contributed by atoms with E-state index < -0.39 is 0 Å². The van der Waals surface area contributed by atoms with E-state index in [1.807, 2.05) is 53.1 Å². The van der Waals surface area contributed by atoms with Crippen molar-refractivity contribution in [3.63, 3.8) is 0 Å². The Kier molecular flexibility index (Phi) is 5.85. The molecule has 2 saturated heterocycles. The quantitative estimate of drug-likeness (QED) is 0.744. The van der Waals surface area contributed by atoms with Gasteiger partial charge >= 0.3 is 0 Å². The molecule has 2 aliphatic heterocycles. The molecule has 3 heterocycles. The number of hydrogen-bond donors (Lipinski definition) is 0. The van der Waals surface area contributed by atoms with Gasteiger partial charge in [0, 0.05) is 31.6 Å². The number of aromatic nitrogens is 2. The van der Waals surface area contributed by atoms with Gasteiger partial charge in [0.25, 0.3) is 0 Å². The largest absolute Gasteiger partial charge is 0.379 e. The summed E-state index contributed by atoms with van der Waals surface area (Å²) in [5.41, 5.74) is 1.39. The van der Waals surface area contributed by atoms with Crippen LogP contribution in [0.2, 0.25) is 0 Å².